The highest BCUT2D eigenvalue weighted by atomic mass is 16.6. The van der Waals surface area contributed by atoms with Gasteiger partial charge >= 0.3 is 17.9 Å². The topological polar surface area (TPSA) is 78.9 Å². The van der Waals surface area contributed by atoms with E-state index in [9.17, 15) is 14.4 Å². The third-order valence-corrected chi connectivity index (χ3v) is 14.8. The van der Waals surface area contributed by atoms with E-state index in [1.54, 1.807) is 0 Å². The van der Waals surface area contributed by atoms with Gasteiger partial charge in [0, 0.05) is 19.3 Å². The molecule has 0 rings (SSSR count). The normalized spacial score (nSPS) is 12.3. The Labute approximate surface area is 467 Å². The van der Waals surface area contributed by atoms with Crippen molar-refractivity contribution in [2.75, 3.05) is 13.2 Å². The van der Waals surface area contributed by atoms with Gasteiger partial charge in [0.25, 0.3) is 0 Å². The third kappa shape index (κ3) is 62.1. The second-order valence-electron chi connectivity index (χ2n) is 22.4. The predicted molar refractivity (Wildman–Crippen MR) is 325 cm³/mol. The standard InChI is InChI=1S/C69H126O6/c1-4-7-10-13-16-19-21-23-25-27-29-31-33-35-37-38-40-42-44-46-48-50-53-56-59-62-68(71)74-65-66(64-73-67(70)61-58-55-52-18-15-12-9-6-3)75-69(72)63-60-57-54-51-49-47-45-43-41-39-36-34-32-30-28-26-24-22-20-17-14-11-8-5-2/h7,10,16,19,23,25,29,31,66H,4-6,8-9,11-15,17-18,20-22,24,26-28,30,32-65H2,1-3H3/b10-7-,19-16-,25-23-,31-29-. The Kier molecular flexibility index (Phi) is 61.7. The molecule has 0 bridgehead atoms. The third-order valence-electron chi connectivity index (χ3n) is 14.8. The van der Waals surface area contributed by atoms with Gasteiger partial charge in [0.15, 0.2) is 6.10 Å². The van der Waals surface area contributed by atoms with Gasteiger partial charge in [-0.25, -0.2) is 0 Å². The lowest BCUT2D eigenvalue weighted by molar-refractivity contribution is -0.167. The van der Waals surface area contributed by atoms with Crippen molar-refractivity contribution >= 4 is 17.9 Å². The molecule has 0 fully saturated rings. The monoisotopic (exact) mass is 1050 g/mol. The quantitative estimate of drug-likeness (QED) is 0.0261. The molecule has 438 valence electrons. The number of rotatable bonds is 61. The van der Waals surface area contributed by atoms with E-state index in [1.165, 1.54) is 231 Å². The van der Waals surface area contributed by atoms with Crippen LogP contribution in [0, 0.1) is 0 Å². The number of hydrogen-bond acceptors (Lipinski definition) is 6. The second-order valence-corrected chi connectivity index (χ2v) is 22.4. The minimum Gasteiger partial charge on any atom is -0.462 e. The largest absolute Gasteiger partial charge is 0.462 e. The summed E-state index contributed by atoms with van der Waals surface area (Å²) in [5.74, 6) is -0.852. The Bertz CT molecular complexity index is 1300. The number of carbonyl (C=O) groups is 3. The van der Waals surface area contributed by atoms with Gasteiger partial charge in [-0.2, -0.15) is 0 Å². The summed E-state index contributed by atoms with van der Waals surface area (Å²) in [5.41, 5.74) is 0. The average molecular weight is 1050 g/mol. The van der Waals surface area contributed by atoms with Crippen molar-refractivity contribution in [2.45, 2.75) is 361 Å². The van der Waals surface area contributed by atoms with Gasteiger partial charge in [0.1, 0.15) is 13.2 Å². The Morgan fingerprint density at radius 2 is 0.520 bits per heavy atom. The molecule has 0 radical (unpaired) electrons. The van der Waals surface area contributed by atoms with Gasteiger partial charge in [-0.1, -0.05) is 326 Å². The van der Waals surface area contributed by atoms with Crippen LogP contribution in [0.2, 0.25) is 0 Å². The molecule has 0 aliphatic heterocycles. The summed E-state index contributed by atoms with van der Waals surface area (Å²) in [7, 11) is 0. The van der Waals surface area contributed by atoms with Gasteiger partial charge < -0.3 is 14.2 Å². The lowest BCUT2D eigenvalue weighted by Crippen LogP contribution is -2.30. The molecule has 6 heteroatoms. The van der Waals surface area contributed by atoms with E-state index in [2.05, 4.69) is 69.4 Å². The Balaban J connectivity index is 4.11. The lowest BCUT2D eigenvalue weighted by Gasteiger charge is -2.18. The van der Waals surface area contributed by atoms with Gasteiger partial charge in [0.05, 0.1) is 0 Å². The summed E-state index contributed by atoms with van der Waals surface area (Å²) in [6.45, 7) is 6.56. The van der Waals surface area contributed by atoms with Crippen LogP contribution < -0.4 is 0 Å². The van der Waals surface area contributed by atoms with Crippen LogP contribution in [0.4, 0.5) is 0 Å². The number of esters is 3. The molecule has 0 aliphatic carbocycles. The zero-order valence-electron chi connectivity index (χ0n) is 50.3. The molecule has 6 nitrogen and oxygen atoms in total. The maximum Gasteiger partial charge on any atom is 0.306 e. The Hall–Kier alpha value is -2.63. The highest BCUT2D eigenvalue weighted by Gasteiger charge is 2.19. The fraction of sp³-hybridized carbons (Fsp3) is 0.841. The van der Waals surface area contributed by atoms with Gasteiger partial charge in [-0.05, 0) is 57.8 Å². The molecule has 0 N–H and O–H groups in total. The molecular formula is C69H126O6. The van der Waals surface area contributed by atoms with Crippen LogP contribution in [0.15, 0.2) is 48.6 Å². The minimum atomic E-state index is -0.769. The van der Waals surface area contributed by atoms with Crippen LogP contribution in [0.1, 0.15) is 355 Å². The minimum absolute atomic E-state index is 0.0685. The summed E-state index contributed by atoms with van der Waals surface area (Å²) in [5, 5.41) is 0. The SMILES string of the molecule is CC/C=C\C/C=C\C/C=C\C/C=C\CCCCCCCCCCCCCCC(=O)OCC(COC(=O)CCCCCCCCCC)OC(=O)CCCCCCCCCCCCCCCCCCCCCCCCCC. The summed E-state index contributed by atoms with van der Waals surface area (Å²) < 4.78 is 16.9. The van der Waals surface area contributed by atoms with Crippen LogP contribution in [0.3, 0.4) is 0 Å². The van der Waals surface area contributed by atoms with Gasteiger partial charge in [-0.15, -0.1) is 0 Å². The van der Waals surface area contributed by atoms with Crippen molar-refractivity contribution in [3.05, 3.63) is 48.6 Å². The van der Waals surface area contributed by atoms with E-state index in [-0.39, 0.29) is 31.1 Å². The van der Waals surface area contributed by atoms with Crippen molar-refractivity contribution in [3.8, 4) is 0 Å². The average Bonchev–Trinajstić information content (AvgIpc) is 3.41. The maximum absolute atomic E-state index is 12.9. The van der Waals surface area contributed by atoms with Crippen LogP contribution >= 0.6 is 0 Å². The zero-order chi connectivity index (χ0) is 54.3. The van der Waals surface area contributed by atoms with E-state index in [0.717, 1.165) is 83.5 Å². The Morgan fingerprint density at radius 3 is 0.813 bits per heavy atom. The van der Waals surface area contributed by atoms with Crippen molar-refractivity contribution in [2.24, 2.45) is 0 Å². The molecule has 75 heavy (non-hydrogen) atoms. The number of hydrogen-bond donors (Lipinski definition) is 0. The van der Waals surface area contributed by atoms with Crippen LogP contribution in [0.25, 0.3) is 0 Å². The van der Waals surface area contributed by atoms with Crippen LogP contribution in [-0.4, -0.2) is 37.2 Å². The number of unbranched alkanes of at least 4 members (excludes halogenated alkanes) is 42. The first-order chi connectivity index (χ1) is 37.0. The molecular weight excluding hydrogens is 925 g/mol. The molecule has 1 atom stereocenters. The number of carbonyl (C=O) groups excluding carboxylic acids is 3. The molecule has 0 saturated heterocycles. The first kappa shape index (κ1) is 72.4. The predicted octanol–water partition coefficient (Wildman–Crippen LogP) is 22.6. The van der Waals surface area contributed by atoms with Crippen molar-refractivity contribution in [3.63, 3.8) is 0 Å². The summed E-state index contributed by atoms with van der Waals surface area (Å²) in [6.07, 6.45) is 80.1. The molecule has 0 aromatic rings. The summed E-state index contributed by atoms with van der Waals surface area (Å²) >= 11 is 0. The summed E-state index contributed by atoms with van der Waals surface area (Å²) in [4.78, 5) is 38.2. The summed E-state index contributed by atoms with van der Waals surface area (Å²) in [6, 6.07) is 0. The molecule has 0 aromatic heterocycles. The number of ether oxygens (including phenoxy) is 3. The first-order valence-corrected chi connectivity index (χ1v) is 33.1. The smallest absolute Gasteiger partial charge is 0.306 e. The van der Waals surface area contributed by atoms with Crippen molar-refractivity contribution < 1.29 is 28.6 Å². The second kappa shape index (κ2) is 63.9. The van der Waals surface area contributed by atoms with Crippen molar-refractivity contribution in [1.29, 1.82) is 0 Å². The zero-order valence-corrected chi connectivity index (χ0v) is 50.3. The fourth-order valence-corrected chi connectivity index (χ4v) is 9.91. The van der Waals surface area contributed by atoms with Crippen LogP contribution in [-0.2, 0) is 28.6 Å². The molecule has 0 aromatic carbocycles. The van der Waals surface area contributed by atoms with E-state index in [0.29, 0.717) is 19.3 Å². The van der Waals surface area contributed by atoms with E-state index >= 15 is 0 Å². The molecule has 0 heterocycles. The van der Waals surface area contributed by atoms with Crippen LogP contribution in [0.5, 0.6) is 0 Å². The Morgan fingerprint density at radius 1 is 0.280 bits per heavy atom. The van der Waals surface area contributed by atoms with Crippen molar-refractivity contribution in [1.82, 2.24) is 0 Å². The fourth-order valence-electron chi connectivity index (χ4n) is 9.91. The molecule has 1 unspecified atom stereocenters. The first-order valence-electron chi connectivity index (χ1n) is 33.1. The molecule has 0 spiro atoms. The maximum atomic E-state index is 12.9. The van der Waals surface area contributed by atoms with E-state index in [4.69, 9.17) is 14.2 Å². The lowest BCUT2D eigenvalue weighted by atomic mass is 10.0. The van der Waals surface area contributed by atoms with E-state index < -0.39 is 6.10 Å². The highest BCUT2D eigenvalue weighted by Crippen LogP contribution is 2.18. The van der Waals surface area contributed by atoms with E-state index in [1.807, 2.05) is 0 Å². The van der Waals surface area contributed by atoms with Gasteiger partial charge in [0.2, 0.25) is 0 Å². The van der Waals surface area contributed by atoms with Gasteiger partial charge in [-0.3, -0.25) is 14.4 Å². The highest BCUT2D eigenvalue weighted by molar-refractivity contribution is 5.71. The molecule has 0 amide bonds. The molecule has 0 saturated carbocycles. The molecule has 0 aliphatic rings. The number of allylic oxidation sites excluding steroid dienone is 8.